The lowest BCUT2D eigenvalue weighted by atomic mass is 10.1. The van der Waals surface area contributed by atoms with Crippen LogP contribution in [0.25, 0.3) is 10.9 Å². The molecule has 1 N–H and O–H groups in total. The third kappa shape index (κ3) is 4.52. The van der Waals surface area contributed by atoms with Crippen LogP contribution in [0.5, 0.6) is 0 Å². The molecular weight excluding hydrogens is 418 g/mol. The van der Waals surface area contributed by atoms with E-state index in [4.69, 9.17) is 0 Å². The molecule has 0 bridgehead atoms. The van der Waals surface area contributed by atoms with Crippen molar-refractivity contribution in [1.29, 1.82) is 0 Å². The highest BCUT2D eigenvalue weighted by atomic mass is 16.6. The number of aromatic nitrogens is 1. The summed E-state index contributed by atoms with van der Waals surface area (Å²) in [5.74, 6) is -0.347. The zero-order valence-electron chi connectivity index (χ0n) is 18.6. The van der Waals surface area contributed by atoms with Crippen molar-refractivity contribution in [3.63, 3.8) is 0 Å². The van der Waals surface area contributed by atoms with Crippen LogP contribution in [0, 0.1) is 30.9 Å². The van der Waals surface area contributed by atoms with Crippen LogP contribution in [0.3, 0.4) is 0 Å². The number of anilines is 1. The molecule has 7 nitrogen and oxygen atoms in total. The summed E-state index contributed by atoms with van der Waals surface area (Å²) in [6.07, 6.45) is 0. The van der Waals surface area contributed by atoms with Crippen LogP contribution in [-0.4, -0.2) is 15.8 Å². The number of carbonyl (C=O) groups is 1. The highest BCUT2D eigenvalue weighted by molar-refractivity contribution is 6.06. The van der Waals surface area contributed by atoms with E-state index in [0.717, 1.165) is 27.6 Å². The van der Waals surface area contributed by atoms with Gasteiger partial charge in [0.25, 0.3) is 17.2 Å². The van der Waals surface area contributed by atoms with Gasteiger partial charge in [-0.3, -0.25) is 19.7 Å². The van der Waals surface area contributed by atoms with E-state index in [-0.39, 0.29) is 23.7 Å². The zero-order valence-corrected chi connectivity index (χ0v) is 18.6. The Balaban J connectivity index is 1.79. The van der Waals surface area contributed by atoms with Gasteiger partial charge in [0, 0.05) is 34.5 Å². The summed E-state index contributed by atoms with van der Waals surface area (Å²) >= 11 is 0. The lowest BCUT2D eigenvalue weighted by Crippen LogP contribution is -2.33. The Hall–Kier alpha value is -4.26. The molecule has 0 spiro atoms. The first-order valence-electron chi connectivity index (χ1n) is 10.5. The summed E-state index contributed by atoms with van der Waals surface area (Å²) in [6, 6.07) is 18.8. The standard InChI is InChI=1S/C26H23N3O4/c1-16-5-11-24(18(3)12-16)28(26(31)19-7-9-22(10-8-19)29(32)33)15-21-14-20-6-4-17(2)13-23(20)27-25(21)30/h4-14H,15H2,1-3H3,(H,27,30). The maximum absolute atomic E-state index is 13.5. The molecule has 4 rings (SSSR count). The van der Waals surface area contributed by atoms with Crippen molar-refractivity contribution in [3.05, 3.63) is 115 Å². The van der Waals surface area contributed by atoms with Gasteiger partial charge < -0.3 is 9.88 Å². The molecule has 0 radical (unpaired) electrons. The maximum Gasteiger partial charge on any atom is 0.269 e. The third-order valence-corrected chi connectivity index (χ3v) is 5.62. The van der Waals surface area contributed by atoms with Gasteiger partial charge in [0.15, 0.2) is 0 Å². The van der Waals surface area contributed by atoms with Crippen molar-refractivity contribution < 1.29 is 9.72 Å². The first kappa shape index (κ1) is 22.0. The predicted molar refractivity (Wildman–Crippen MR) is 129 cm³/mol. The number of aryl methyl sites for hydroxylation is 3. The number of nitro benzene ring substituents is 1. The van der Waals surface area contributed by atoms with Crippen LogP contribution in [0.2, 0.25) is 0 Å². The molecule has 0 saturated carbocycles. The average Bonchev–Trinajstić information content (AvgIpc) is 2.78. The largest absolute Gasteiger partial charge is 0.322 e. The van der Waals surface area contributed by atoms with Crippen LogP contribution < -0.4 is 10.5 Å². The van der Waals surface area contributed by atoms with Gasteiger partial charge in [0.05, 0.1) is 11.5 Å². The first-order chi connectivity index (χ1) is 15.7. The topological polar surface area (TPSA) is 96.3 Å². The monoisotopic (exact) mass is 441 g/mol. The van der Waals surface area contributed by atoms with Gasteiger partial charge in [-0.2, -0.15) is 0 Å². The van der Waals surface area contributed by atoms with Gasteiger partial charge in [-0.05, 0) is 67.6 Å². The van der Waals surface area contributed by atoms with Crippen molar-refractivity contribution in [1.82, 2.24) is 4.98 Å². The van der Waals surface area contributed by atoms with E-state index in [9.17, 15) is 19.7 Å². The molecule has 0 aliphatic rings. The number of amides is 1. The van der Waals surface area contributed by atoms with Crippen molar-refractivity contribution in [3.8, 4) is 0 Å². The minimum absolute atomic E-state index is 0.0544. The summed E-state index contributed by atoms with van der Waals surface area (Å²) in [5, 5.41) is 11.9. The predicted octanol–water partition coefficient (Wildman–Crippen LogP) is 5.21. The van der Waals surface area contributed by atoms with E-state index in [2.05, 4.69) is 4.98 Å². The minimum atomic E-state index is -0.507. The number of pyridine rings is 1. The molecule has 1 heterocycles. The second kappa shape index (κ2) is 8.70. The number of hydrogen-bond donors (Lipinski definition) is 1. The molecule has 0 saturated heterocycles. The summed E-state index contributed by atoms with van der Waals surface area (Å²) < 4.78 is 0. The van der Waals surface area contributed by atoms with Gasteiger partial charge in [0.2, 0.25) is 0 Å². The Kier molecular flexibility index (Phi) is 5.79. The fraction of sp³-hybridized carbons (Fsp3) is 0.154. The number of nitrogens with one attached hydrogen (secondary N) is 1. The Morgan fingerprint density at radius 2 is 1.61 bits per heavy atom. The molecule has 0 atom stereocenters. The maximum atomic E-state index is 13.5. The van der Waals surface area contributed by atoms with E-state index < -0.39 is 4.92 Å². The molecule has 0 unspecified atom stereocenters. The van der Waals surface area contributed by atoms with Crippen molar-refractivity contribution in [2.24, 2.45) is 0 Å². The average molecular weight is 441 g/mol. The first-order valence-corrected chi connectivity index (χ1v) is 10.5. The van der Waals surface area contributed by atoms with Crippen LogP contribution in [-0.2, 0) is 6.54 Å². The van der Waals surface area contributed by atoms with Crippen molar-refractivity contribution in [2.45, 2.75) is 27.3 Å². The van der Waals surface area contributed by atoms with E-state index in [1.54, 1.807) is 11.0 Å². The second-order valence-electron chi connectivity index (χ2n) is 8.20. The molecule has 166 valence electrons. The molecule has 7 heteroatoms. The van der Waals surface area contributed by atoms with E-state index >= 15 is 0 Å². The number of fused-ring (bicyclic) bond motifs is 1. The lowest BCUT2D eigenvalue weighted by Gasteiger charge is -2.25. The summed E-state index contributed by atoms with van der Waals surface area (Å²) in [6.45, 7) is 5.89. The van der Waals surface area contributed by atoms with Crippen LogP contribution in [0.15, 0.2) is 71.5 Å². The summed E-state index contributed by atoms with van der Waals surface area (Å²) in [5.41, 5.74) is 4.78. The second-order valence-corrected chi connectivity index (χ2v) is 8.20. The number of H-pyrrole nitrogens is 1. The molecule has 0 fully saturated rings. The quantitative estimate of drug-likeness (QED) is 0.340. The third-order valence-electron chi connectivity index (χ3n) is 5.62. The van der Waals surface area contributed by atoms with Crippen LogP contribution >= 0.6 is 0 Å². The van der Waals surface area contributed by atoms with E-state index in [0.29, 0.717) is 16.8 Å². The molecule has 4 aromatic rings. The van der Waals surface area contributed by atoms with Crippen LogP contribution in [0.1, 0.15) is 32.6 Å². The SMILES string of the molecule is Cc1ccc(N(Cc2cc3ccc(C)cc3[nH]c2=O)C(=O)c2ccc([N+](=O)[O-])cc2)c(C)c1. The number of benzene rings is 3. The molecule has 1 amide bonds. The van der Waals surface area contributed by atoms with Gasteiger partial charge in [0.1, 0.15) is 0 Å². The fourth-order valence-electron chi connectivity index (χ4n) is 3.90. The van der Waals surface area contributed by atoms with Crippen LogP contribution in [0.4, 0.5) is 11.4 Å². The number of carbonyl (C=O) groups excluding carboxylic acids is 1. The Labute approximate surface area is 190 Å². The zero-order chi connectivity index (χ0) is 23.7. The Morgan fingerprint density at radius 3 is 2.27 bits per heavy atom. The van der Waals surface area contributed by atoms with Crippen molar-refractivity contribution >= 4 is 28.2 Å². The number of non-ortho nitro benzene ring substituents is 1. The Morgan fingerprint density at radius 1 is 0.939 bits per heavy atom. The van der Waals surface area contributed by atoms with Gasteiger partial charge >= 0.3 is 0 Å². The fourth-order valence-corrected chi connectivity index (χ4v) is 3.90. The summed E-state index contributed by atoms with van der Waals surface area (Å²) in [4.78, 5) is 41.3. The highest BCUT2D eigenvalue weighted by Crippen LogP contribution is 2.26. The lowest BCUT2D eigenvalue weighted by molar-refractivity contribution is -0.384. The van der Waals surface area contributed by atoms with Gasteiger partial charge in [-0.1, -0.05) is 29.8 Å². The van der Waals surface area contributed by atoms with Gasteiger partial charge in [-0.25, -0.2) is 0 Å². The van der Waals surface area contributed by atoms with Gasteiger partial charge in [-0.15, -0.1) is 0 Å². The molecule has 1 aromatic heterocycles. The smallest absolute Gasteiger partial charge is 0.269 e. The molecule has 0 aliphatic carbocycles. The Bertz CT molecular complexity index is 1440. The van der Waals surface area contributed by atoms with Crippen molar-refractivity contribution in [2.75, 3.05) is 4.90 Å². The number of nitrogens with zero attached hydrogens (tertiary/aromatic N) is 2. The molecular formula is C26H23N3O4. The molecule has 33 heavy (non-hydrogen) atoms. The minimum Gasteiger partial charge on any atom is -0.322 e. The number of hydrogen-bond acceptors (Lipinski definition) is 4. The molecule has 0 aliphatic heterocycles. The summed E-state index contributed by atoms with van der Waals surface area (Å²) in [7, 11) is 0. The van der Waals surface area contributed by atoms with E-state index in [1.807, 2.05) is 57.2 Å². The highest BCUT2D eigenvalue weighted by Gasteiger charge is 2.22. The number of rotatable bonds is 5. The number of aromatic amines is 1. The molecule has 3 aromatic carbocycles. The number of nitro groups is 1. The normalized spacial score (nSPS) is 10.9. The van der Waals surface area contributed by atoms with E-state index in [1.165, 1.54) is 24.3 Å².